The Morgan fingerprint density at radius 2 is 1.50 bits per heavy atom. The summed E-state index contributed by atoms with van der Waals surface area (Å²) < 4.78 is 2.33. The molecule has 0 fully saturated rings. The van der Waals surface area contributed by atoms with Crippen molar-refractivity contribution in [1.82, 2.24) is 4.98 Å². The van der Waals surface area contributed by atoms with Crippen LogP contribution in [0.5, 0.6) is 0 Å². The molecule has 1 heterocycles. The van der Waals surface area contributed by atoms with Gasteiger partial charge in [-0.2, -0.15) is 0 Å². The van der Waals surface area contributed by atoms with Crippen molar-refractivity contribution in [3.05, 3.63) is 90.0 Å². The van der Waals surface area contributed by atoms with Crippen molar-refractivity contribution in [2.45, 2.75) is 6.92 Å². The molecule has 28 heavy (non-hydrogen) atoms. The molecular weight excluding hydrogens is 409 g/mol. The Balaban J connectivity index is 1.83. The summed E-state index contributed by atoms with van der Waals surface area (Å²) in [6.45, 7) is 2.09. The van der Waals surface area contributed by atoms with Gasteiger partial charge in [0.05, 0.1) is 0 Å². The normalized spacial score (nSPS) is 10.5. The Bertz CT molecular complexity index is 1120. The minimum absolute atomic E-state index is 0.0684. The Hall–Kier alpha value is -3.12. The minimum atomic E-state index is 0.0684. The van der Waals surface area contributed by atoms with Crippen LogP contribution in [0.25, 0.3) is 21.3 Å². The molecule has 0 unspecified atom stereocenters. The van der Waals surface area contributed by atoms with E-state index in [1.165, 1.54) is 10.0 Å². The molecule has 3 aromatic carbocycles. The zero-order valence-corrected chi connectivity index (χ0v) is 17.5. The molecule has 0 aliphatic carbocycles. The van der Waals surface area contributed by atoms with Crippen molar-refractivity contribution in [1.29, 1.82) is 5.26 Å². The molecular formula is C24H19N3Se. The first-order valence-corrected chi connectivity index (χ1v) is 10.7. The summed E-state index contributed by atoms with van der Waals surface area (Å²) in [5.74, 6) is 0. The SMILES string of the molecule is Cc1ccc(-c2nc(N(C)c3ccccc3)[se]c2-c2ccc(C#N)cc2)cc1. The summed E-state index contributed by atoms with van der Waals surface area (Å²) >= 11 is 0.0684. The molecule has 0 saturated carbocycles. The molecule has 4 heteroatoms. The van der Waals surface area contributed by atoms with Gasteiger partial charge >= 0.3 is 171 Å². The van der Waals surface area contributed by atoms with E-state index in [1.54, 1.807) is 0 Å². The number of aromatic nitrogens is 1. The second-order valence-electron chi connectivity index (χ2n) is 6.62. The quantitative estimate of drug-likeness (QED) is 0.408. The van der Waals surface area contributed by atoms with Gasteiger partial charge in [-0.25, -0.2) is 0 Å². The van der Waals surface area contributed by atoms with E-state index >= 15 is 0 Å². The second kappa shape index (κ2) is 7.86. The predicted molar refractivity (Wildman–Crippen MR) is 116 cm³/mol. The van der Waals surface area contributed by atoms with E-state index in [1.807, 2.05) is 42.5 Å². The van der Waals surface area contributed by atoms with Crippen LogP contribution in [0.2, 0.25) is 0 Å². The molecule has 0 aliphatic rings. The number of aryl methyl sites for hydroxylation is 1. The summed E-state index contributed by atoms with van der Waals surface area (Å²) in [6, 6.07) is 28.9. The third kappa shape index (κ3) is 3.64. The Labute approximate surface area is 171 Å². The number of para-hydroxylation sites is 1. The van der Waals surface area contributed by atoms with Crippen LogP contribution in [0.1, 0.15) is 11.1 Å². The van der Waals surface area contributed by atoms with Gasteiger partial charge in [0, 0.05) is 0 Å². The molecule has 0 aliphatic heterocycles. The van der Waals surface area contributed by atoms with Crippen LogP contribution < -0.4 is 4.90 Å². The van der Waals surface area contributed by atoms with Crippen LogP contribution in [0.4, 0.5) is 10.4 Å². The van der Waals surface area contributed by atoms with Gasteiger partial charge in [-0.3, -0.25) is 0 Å². The molecule has 0 saturated heterocycles. The standard InChI is InChI=1S/C24H19N3Se/c1-17-8-12-19(13-9-17)22-23(20-14-10-18(16-25)11-15-20)28-24(26-22)27(2)21-6-4-3-5-7-21/h3-15H,1-2H3. The Kier molecular flexibility index (Phi) is 5.12. The van der Waals surface area contributed by atoms with Crippen molar-refractivity contribution >= 4 is 24.9 Å². The first kappa shape index (κ1) is 18.3. The summed E-state index contributed by atoms with van der Waals surface area (Å²) in [5, 5.41) is 9.10. The van der Waals surface area contributed by atoms with Crippen molar-refractivity contribution in [3.63, 3.8) is 0 Å². The van der Waals surface area contributed by atoms with Crippen molar-refractivity contribution < 1.29 is 0 Å². The maximum absolute atomic E-state index is 9.10. The van der Waals surface area contributed by atoms with Crippen LogP contribution in [-0.4, -0.2) is 26.5 Å². The summed E-state index contributed by atoms with van der Waals surface area (Å²) in [6.07, 6.45) is 0. The zero-order chi connectivity index (χ0) is 19.5. The van der Waals surface area contributed by atoms with Crippen LogP contribution in [0, 0.1) is 18.3 Å². The van der Waals surface area contributed by atoms with Crippen LogP contribution >= 0.6 is 0 Å². The second-order valence-corrected chi connectivity index (χ2v) is 8.67. The molecule has 4 aromatic rings. The average Bonchev–Trinajstić information content (AvgIpc) is 3.20. The van der Waals surface area contributed by atoms with Crippen molar-refractivity contribution in [2.24, 2.45) is 0 Å². The van der Waals surface area contributed by atoms with Crippen LogP contribution in [0.15, 0.2) is 78.9 Å². The number of rotatable bonds is 4. The fourth-order valence-corrected chi connectivity index (χ4v) is 5.27. The molecule has 0 amide bonds. The first-order chi connectivity index (χ1) is 13.7. The number of hydrogen-bond acceptors (Lipinski definition) is 3. The number of nitriles is 1. The fourth-order valence-electron chi connectivity index (χ4n) is 3.01. The van der Waals surface area contributed by atoms with E-state index in [2.05, 4.69) is 61.3 Å². The first-order valence-electron chi connectivity index (χ1n) is 9.03. The molecule has 0 spiro atoms. The molecule has 1 aromatic heterocycles. The van der Waals surface area contributed by atoms with E-state index in [9.17, 15) is 0 Å². The number of benzene rings is 3. The van der Waals surface area contributed by atoms with Crippen LogP contribution in [-0.2, 0) is 0 Å². The summed E-state index contributed by atoms with van der Waals surface area (Å²) in [5.41, 5.74) is 6.33. The molecule has 0 bridgehead atoms. The number of nitrogens with zero attached hydrogens (tertiary/aromatic N) is 3. The van der Waals surface area contributed by atoms with Gasteiger partial charge in [0.2, 0.25) is 0 Å². The summed E-state index contributed by atoms with van der Waals surface area (Å²) in [7, 11) is 2.07. The van der Waals surface area contributed by atoms with Crippen LogP contribution in [0.3, 0.4) is 0 Å². The molecule has 3 nitrogen and oxygen atoms in total. The van der Waals surface area contributed by atoms with Crippen molar-refractivity contribution in [3.8, 4) is 27.3 Å². The third-order valence-electron chi connectivity index (χ3n) is 4.65. The molecule has 4 rings (SSSR count). The van der Waals surface area contributed by atoms with E-state index in [-0.39, 0.29) is 14.5 Å². The monoisotopic (exact) mass is 429 g/mol. The maximum atomic E-state index is 9.10. The average molecular weight is 428 g/mol. The molecule has 136 valence electrons. The van der Waals surface area contributed by atoms with Gasteiger partial charge in [0.1, 0.15) is 0 Å². The van der Waals surface area contributed by atoms with Gasteiger partial charge in [-0.15, -0.1) is 0 Å². The molecule has 0 N–H and O–H groups in total. The Morgan fingerprint density at radius 3 is 2.14 bits per heavy atom. The van der Waals surface area contributed by atoms with Gasteiger partial charge in [-0.1, -0.05) is 0 Å². The van der Waals surface area contributed by atoms with E-state index in [0.717, 1.165) is 27.2 Å². The number of anilines is 2. The fraction of sp³-hybridized carbons (Fsp3) is 0.0833. The number of hydrogen-bond donors (Lipinski definition) is 0. The molecule has 0 radical (unpaired) electrons. The summed E-state index contributed by atoms with van der Waals surface area (Å²) in [4.78, 5) is 7.22. The topological polar surface area (TPSA) is 39.9 Å². The third-order valence-corrected chi connectivity index (χ3v) is 7.13. The molecule has 0 atom stereocenters. The van der Waals surface area contributed by atoms with Gasteiger partial charge in [-0.05, 0) is 0 Å². The van der Waals surface area contributed by atoms with E-state index in [4.69, 9.17) is 10.2 Å². The van der Waals surface area contributed by atoms with Gasteiger partial charge < -0.3 is 0 Å². The zero-order valence-electron chi connectivity index (χ0n) is 15.8. The predicted octanol–water partition coefficient (Wildman–Crippen LogP) is 5.42. The van der Waals surface area contributed by atoms with E-state index < -0.39 is 0 Å². The van der Waals surface area contributed by atoms with Crippen molar-refractivity contribution in [2.75, 3.05) is 11.9 Å². The Morgan fingerprint density at radius 1 is 0.857 bits per heavy atom. The van der Waals surface area contributed by atoms with Gasteiger partial charge in [0.15, 0.2) is 0 Å². The van der Waals surface area contributed by atoms with Gasteiger partial charge in [0.25, 0.3) is 0 Å². The van der Waals surface area contributed by atoms with E-state index in [0.29, 0.717) is 5.56 Å².